The van der Waals surface area contributed by atoms with Crippen molar-refractivity contribution in [3.8, 4) is 0 Å². The Hall–Kier alpha value is -1.06. The van der Waals surface area contributed by atoms with Crippen molar-refractivity contribution in [3.63, 3.8) is 0 Å². The van der Waals surface area contributed by atoms with Crippen LogP contribution >= 0.6 is 0 Å². The third kappa shape index (κ3) is 1.57. The van der Waals surface area contributed by atoms with Gasteiger partial charge in [0.25, 0.3) is 0 Å². The van der Waals surface area contributed by atoms with Crippen molar-refractivity contribution >= 4 is 0 Å². The highest BCUT2D eigenvalue weighted by Crippen LogP contribution is 2.32. The third-order valence-corrected chi connectivity index (χ3v) is 1.55. The molecular formula is C8H7F3N. The van der Waals surface area contributed by atoms with Gasteiger partial charge in [-0.2, -0.15) is 13.2 Å². The minimum atomic E-state index is -4.31. The molecule has 1 aromatic heterocycles. The summed E-state index contributed by atoms with van der Waals surface area (Å²) in [5.41, 5.74) is -0.515. The maximum Gasteiger partial charge on any atom is 0.418 e. The van der Waals surface area contributed by atoms with E-state index in [1.165, 1.54) is 19.9 Å². The SMILES string of the molecule is Cc1c[c]nc(C)c1C(F)(F)F. The Morgan fingerprint density at radius 2 is 1.92 bits per heavy atom. The number of aromatic nitrogens is 1. The monoisotopic (exact) mass is 174 g/mol. The number of hydrogen-bond donors (Lipinski definition) is 0. The maximum atomic E-state index is 12.3. The van der Waals surface area contributed by atoms with Crippen LogP contribution < -0.4 is 0 Å². The Morgan fingerprint density at radius 1 is 1.33 bits per heavy atom. The first-order valence-corrected chi connectivity index (χ1v) is 3.34. The molecule has 0 aromatic carbocycles. The normalized spacial score (nSPS) is 11.8. The molecule has 0 aliphatic rings. The largest absolute Gasteiger partial charge is 0.418 e. The molecule has 1 rings (SSSR count). The highest BCUT2D eigenvalue weighted by molar-refractivity contribution is 5.30. The molecule has 0 saturated carbocycles. The first-order valence-electron chi connectivity index (χ1n) is 3.34. The van der Waals surface area contributed by atoms with E-state index in [2.05, 4.69) is 11.2 Å². The van der Waals surface area contributed by atoms with E-state index in [9.17, 15) is 13.2 Å². The van der Waals surface area contributed by atoms with Gasteiger partial charge in [0.05, 0.1) is 17.5 Å². The van der Waals surface area contributed by atoms with Crippen molar-refractivity contribution in [3.05, 3.63) is 29.1 Å². The second kappa shape index (κ2) is 2.77. The molecule has 12 heavy (non-hydrogen) atoms. The molecule has 65 valence electrons. The van der Waals surface area contributed by atoms with Crippen molar-refractivity contribution in [2.24, 2.45) is 0 Å². The predicted octanol–water partition coefficient (Wildman–Crippen LogP) is 2.52. The predicted molar refractivity (Wildman–Crippen MR) is 37.5 cm³/mol. The smallest absolute Gasteiger partial charge is 0.251 e. The fourth-order valence-corrected chi connectivity index (χ4v) is 1.07. The molecule has 4 heteroatoms. The van der Waals surface area contributed by atoms with Gasteiger partial charge in [-0.05, 0) is 25.5 Å². The molecule has 0 fully saturated rings. The van der Waals surface area contributed by atoms with Crippen molar-refractivity contribution in [1.29, 1.82) is 0 Å². The quantitative estimate of drug-likeness (QED) is 0.588. The van der Waals surface area contributed by atoms with Crippen LogP contribution in [0.1, 0.15) is 16.8 Å². The second-order valence-corrected chi connectivity index (χ2v) is 2.53. The Morgan fingerprint density at radius 3 is 2.25 bits per heavy atom. The fourth-order valence-electron chi connectivity index (χ4n) is 1.07. The number of hydrogen-bond acceptors (Lipinski definition) is 1. The minimum absolute atomic E-state index is 0.0255. The molecule has 1 radical (unpaired) electrons. The highest BCUT2D eigenvalue weighted by Gasteiger charge is 2.34. The summed E-state index contributed by atoms with van der Waals surface area (Å²) in [6.45, 7) is 2.72. The van der Waals surface area contributed by atoms with Gasteiger partial charge in [-0.1, -0.05) is 0 Å². The van der Waals surface area contributed by atoms with E-state index < -0.39 is 11.7 Å². The average molecular weight is 174 g/mol. The summed E-state index contributed by atoms with van der Waals surface area (Å²) in [6.07, 6.45) is -1.92. The van der Waals surface area contributed by atoms with Crippen molar-refractivity contribution < 1.29 is 13.2 Å². The van der Waals surface area contributed by atoms with Crippen LogP contribution in [0.5, 0.6) is 0 Å². The molecular weight excluding hydrogens is 167 g/mol. The van der Waals surface area contributed by atoms with E-state index in [1.807, 2.05) is 0 Å². The molecule has 0 atom stereocenters. The number of rotatable bonds is 0. The summed E-state index contributed by atoms with van der Waals surface area (Å²) in [4.78, 5) is 3.46. The van der Waals surface area contributed by atoms with Crippen LogP contribution in [0.4, 0.5) is 13.2 Å². The summed E-state index contributed by atoms with van der Waals surface area (Å²) < 4.78 is 36.8. The lowest BCUT2D eigenvalue weighted by atomic mass is 10.1. The van der Waals surface area contributed by atoms with Crippen molar-refractivity contribution in [1.82, 2.24) is 4.98 Å². The number of alkyl halides is 3. The topological polar surface area (TPSA) is 12.9 Å². The summed E-state index contributed by atoms with van der Waals surface area (Å²) >= 11 is 0. The molecule has 1 nitrogen and oxygen atoms in total. The van der Waals surface area contributed by atoms with Crippen molar-refractivity contribution in [2.75, 3.05) is 0 Å². The summed E-state index contributed by atoms with van der Waals surface area (Å²) in [7, 11) is 0. The van der Waals surface area contributed by atoms with Gasteiger partial charge < -0.3 is 0 Å². The van der Waals surface area contributed by atoms with Gasteiger partial charge in [-0.15, -0.1) is 0 Å². The van der Waals surface area contributed by atoms with E-state index in [0.717, 1.165) is 0 Å². The standard InChI is InChI=1S/C8H7F3N/c1-5-3-4-12-6(2)7(5)8(9,10)11/h3H,1-2H3. The van der Waals surface area contributed by atoms with Crippen molar-refractivity contribution in [2.45, 2.75) is 20.0 Å². The maximum absolute atomic E-state index is 12.3. The Labute approximate surface area is 68.2 Å². The molecule has 0 aliphatic heterocycles. The summed E-state index contributed by atoms with van der Waals surface area (Å²) in [5, 5.41) is 0. The fraction of sp³-hybridized carbons (Fsp3) is 0.375. The van der Waals surface area contributed by atoms with Gasteiger partial charge in [0.15, 0.2) is 0 Å². The molecule has 0 spiro atoms. The highest BCUT2D eigenvalue weighted by atomic mass is 19.4. The third-order valence-electron chi connectivity index (χ3n) is 1.55. The zero-order valence-electron chi connectivity index (χ0n) is 6.66. The summed E-state index contributed by atoms with van der Waals surface area (Å²) in [5.74, 6) is 0. The van der Waals surface area contributed by atoms with E-state index in [1.54, 1.807) is 0 Å². The minimum Gasteiger partial charge on any atom is -0.251 e. The van der Waals surface area contributed by atoms with E-state index in [-0.39, 0.29) is 11.3 Å². The van der Waals surface area contributed by atoms with E-state index in [4.69, 9.17) is 0 Å². The van der Waals surface area contributed by atoms with Gasteiger partial charge in [-0.25, -0.2) is 0 Å². The number of nitrogens with zero attached hydrogens (tertiary/aromatic N) is 1. The molecule has 1 aromatic rings. The second-order valence-electron chi connectivity index (χ2n) is 2.53. The first kappa shape index (κ1) is 9.03. The number of halogens is 3. The van der Waals surface area contributed by atoms with Crippen LogP contribution in [0.25, 0.3) is 0 Å². The summed E-state index contributed by atoms with van der Waals surface area (Å²) in [6, 6.07) is 1.23. The van der Waals surface area contributed by atoms with Crippen LogP contribution in [-0.2, 0) is 6.18 Å². The molecule has 0 bridgehead atoms. The van der Waals surface area contributed by atoms with Gasteiger partial charge in [0, 0.05) is 0 Å². The Balaban J connectivity index is 3.31. The van der Waals surface area contributed by atoms with Crippen LogP contribution in [0.2, 0.25) is 0 Å². The van der Waals surface area contributed by atoms with Gasteiger partial charge in [0.2, 0.25) is 0 Å². The lowest BCUT2D eigenvalue weighted by molar-refractivity contribution is -0.138. The molecule has 0 aliphatic carbocycles. The number of aryl methyl sites for hydroxylation is 2. The van der Waals surface area contributed by atoms with Crippen LogP contribution in [0, 0.1) is 20.0 Å². The first-order chi connectivity index (χ1) is 5.43. The van der Waals surface area contributed by atoms with Gasteiger partial charge >= 0.3 is 6.18 Å². The Bertz CT molecular complexity index is 271. The lowest BCUT2D eigenvalue weighted by Gasteiger charge is -2.11. The van der Waals surface area contributed by atoms with E-state index in [0.29, 0.717) is 0 Å². The van der Waals surface area contributed by atoms with Crippen LogP contribution in [0.3, 0.4) is 0 Å². The molecule has 0 unspecified atom stereocenters. The molecule has 1 heterocycles. The average Bonchev–Trinajstić information content (AvgIpc) is 1.82. The number of pyridine rings is 1. The lowest BCUT2D eigenvalue weighted by Crippen LogP contribution is -2.10. The van der Waals surface area contributed by atoms with Gasteiger partial charge in [-0.3, -0.25) is 4.98 Å². The van der Waals surface area contributed by atoms with E-state index >= 15 is 0 Å². The van der Waals surface area contributed by atoms with Crippen LogP contribution in [-0.4, -0.2) is 4.98 Å². The molecule has 0 amide bonds. The Kier molecular flexibility index (Phi) is 2.08. The zero-order chi connectivity index (χ0) is 9.35. The zero-order valence-corrected chi connectivity index (χ0v) is 6.66. The van der Waals surface area contributed by atoms with Gasteiger partial charge in [0.1, 0.15) is 0 Å². The van der Waals surface area contributed by atoms with Crippen LogP contribution in [0.15, 0.2) is 6.07 Å². The molecule has 0 saturated heterocycles. The molecule has 0 N–H and O–H groups in total.